The topological polar surface area (TPSA) is 84.6 Å². The first-order valence-corrected chi connectivity index (χ1v) is 7.96. The zero-order chi connectivity index (χ0) is 16.9. The number of rotatable bonds is 7. The average molecular weight is 327 g/mol. The number of aromatic nitrogens is 4. The van der Waals surface area contributed by atoms with Crippen LogP contribution >= 0.6 is 0 Å². The Labute approximate surface area is 140 Å². The Morgan fingerprint density at radius 3 is 3.00 bits per heavy atom. The Balaban J connectivity index is 1.60. The second-order valence-corrected chi connectivity index (χ2v) is 5.62. The molecule has 0 aliphatic carbocycles. The van der Waals surface area contributed by atoms with Crippen LogP contribution in [0.1, 0.15) is 18.2 Å². The summed E-state index contributed by atoms with van der Waals surface area (Å²) in [4.78, 5) is 8.50. The van der Waals surface area contributed by atoms with Crippen molar-refractivity contribution < 1.29 is 9.84 Å². The van der Waals surface area contributed by atoms with Gasteiger partial charge < -0.3 is 15.2 Å². The molecule has 3 aromatic rings. The second kappa shape index (κ2) is 7.27. The molecular formula is C17H21N5O2. The van der Waals surface area contributed by atoms with Gasteiger partial charge in [-0.2, -0.15) is 14.6 Å². The number of nitrogens with zero attached hydrogens (tertiary/aromatic N) is 4. The molecule has 2 heterocycles. The van der Waals surface area contributed by atoms with Gasteiger partial charge in [0.25, 0.3) is 5.78 Å². The predicted octanol–water partition coefficient (Wildman–Crippen LogP) is 1.85. The van der Waals surface area contributed by atoms with Gasteiger partial charge in [-0.05, 0) is 31.0 Å². The second-order valence-electron chi connectivity index (χ2n) is 5.62. The zero-order valence-corrected chi connectivity index (χ0v) is 13.8. The molecule has 1 aromatic carbocycles. The van der Waals surface area contributed by atoms with Crippen molar-refractivity contribution in [3.63, 3.8) is 0 Å². The maximum atomic E-state index is 10.1. The van der Waals surface area contributed by atoms with Crippen molar-refractivity contribution in [3.8, 4) is 5.75 Å². The van der Waals surface area contributed by atoms with Crippen molar-refractivity contribution in [2.45, 2.75) is 26.4 Å². The SMILES string of the molecule is CCc1cc(NCC(O)COc2cccc(C)c2)n2ncnc2n1. The number of ether oxygens (including phenoxy) is 1. The molecule has 24 heavy (non-hydrogen) atoms. The molecule has 0 saturated carbocycles. The van der Waals surface area contributed by atoms with E-state index in [9.17, 15) is 5.11 Å². The Morgan fingerprint density at radius 2 is 2.21 bits per heavy atom. The van der Waals surface area contributed by atoms with Gasteiger partial charge in [-0.15, -0.1) is 0 Å². The van der Waals surface area contributed by atoms with Gasteiger partial charge in [0.2, 0.25) is 0 Å². The molecule has 0 spiro atoms. The van der Waals surface area contributed by atoms with E-state index >= 15 is 0 Å². The Kier molecular flexibility index (Phi) is 4.90. The molecule has 2 aromatic heterocycles. The number of aryl methyl sites for hydroxylation is 2. The first-order chi connectivity index (χ1) is 11.7. The van der Waals surface area contributed by atoms with E-state index in [4.69, 9.17) is 4.74 Å². The van der Waals surface area contributed by atoms with Crippen LogP contribution in [0, 0.1) is 6.92 Å². The lowest BCUT2D eigenvalue weighted by Gasteiger charge is -2.15. The molecule has 7 nitrogen and oxygen atoms in total. The number of hydrogen-bond donors (Lipinski definition) is 2. The molecule has 1 atom stereocenters. The number of fused-ring (bicyclic) bond motifs is 1. The molecule has 126 valence electrons. The molecule has 0 aliphatic heterocycles. The monoisotopic (exact) mass is 327 g/mol. The fraction of sp³-hybridized carbons (Fsp3) is 0.353. The zero-order valence-electron chi connectivity index (χ0n) is 13.8. The van der Waals surface area contributed by atoms with Crippen LogP contribution < -0.4 is 10.1 Å². The summed E-state index contributed by atoms with van der Waals surface area (Å²) in [5, 5.41) is 17.5. The van der Waals surface area contributed by atoms with Gasteiger partial charge in [0.05, 0.1) is 0 Å². The molecule has 0 fully saturated rings. The number of benzene rings is 1. The summed E-state index contributed by atoms with van der Waals surface area (Å²) in [5.41, 5.74) is 2.04. The molecule has 0 saturated heterocycles. The number of anilines is 1. The summed E-state index contributed by atoms with van der Waals surface area (Å²) in [5.74, 6) is 2.05. The van der Waals surface area contributed by atoms with E-state index in [2.05, 4.69) is 20.4 Å². The first-order valence-electron chi connectivity index (χ1n) is 7.96. The van der Waals surface area contributed by atoms with Crippen LogP contribution in [0.25, 0.3) is 5.78 Å². The molecule has 0 bridgehead atoms. The molecule has 1 unspecified atom stereocenters. The normalized spacial score (nSPS) is 12.3. The van der Waals surface area contributed by atoms with E-state index in [0.29, 0.717) is 12.3 Å². The van der Waals surface area contributed by atoms with E-state index in [1.165, 1.54) is 6.33 Å². The smallest absolute Gasteiger partial charge is 0.254 e. The van der Waals surface area contributed by atoms with Crippen LogP contribution in [0.2, 0.25) is 0 Å². The van der Waals surface area contributed by atoms with Crippen molar-refractivity contribution in [1.29, 1.82) is 0 Å². The first kappa shape index (κ1) is 16.2. The molecule has 3 rings (SSSR count). The van der Waals surface area contributed by atoms with Crippen molar-refractivity contribution in [3.05, 3.63) is 47.9 Å². The van der Waals surface area contributed by atoms with Crippen molar-refractivity contribution in [2.24, 2.45) is 0 Å². The third-order valence-corrected chi connectivity index (χ3v) is 3.62. The summed E-state index contributed by atoms with van der Waals surface area (Å²) >= 11 is 0. The minimum absolute atomic E-state index is 0.211. The van der Waals surface area contributed by atoms with Gasteiger partial charge >= 0.3 is 0 Å². The summed E-state index contributed by atoms with van der Waals surface area (Å²) in [6, 6.07) is 9.66. The van der Waals surface area contributed by atoms with Crippen LogP contribution in [0.5, 0.6) is 5.75 Å². The minimum Gasteiger partial charge on any atom is -0.491 e. The third kappa shape index (κ3) is 3.80. The van der Waals surface area contributed by atoms with E-state index in [1.54, 1.807) is 4.52 Å². The summed E-state index contributed by atoms with van der Waals surface area (Å²) in [6.07, 6.45) is 1.61. The van der Waals surface area contributed by atoms with Crippen molar-refractivity contribution in [1.82, 2.24) is 19.6 Å². The van der Waals surface area contributed by atoms with E-state index in [1.807, 2.05) is 44.2 Å². The quantitative estimate of drug-likeness (QED) is 0.689. The van der Waals surface area contributed by atoms with Gasteiger partial charge in [0, 0.05) is 18.3 Å². The highest BCUT2D eigenvalue weighted by molar-refractivity contribution is 5.45. The number of hydrogen-bond acceptors (Lipinski definition) is 6. The van der Waals surface area contributed by atoms with Crippen LogP contribution in [0.15, 0.2) is 36.7 Å². The number of nitrogens with one attached hydrogen (secondary N) is 1. The van der Waals surface area contributed by atoms with E-state index in [-0.39, 0.29) is 6.61 Å². The molecular weight excluding hydrogens is 306 g/mol. The highest BCUT2D eigenvalue weighted by Gasteiger charge is 2.10. The molecule has 0 radical (unpaired) electrons. The van der Waals surface area contributed by atoms with Crippen LogP contribution in [0.4, 0.5) is 5.82 Å². The van der Waals surface area contributed by atoms with Crippen LogP contribution in [-0.4, -0.2) is 43.9 Å². The van der Waals surface area contributed by atoms with Gasteiger partial charge in [-0.25, -0.2) is 4.98 Å². The van der Waals surface area contributed by atoms with Gasteiger partial charge in [0.15, 0.2) is 0 Å². The lowest BCUT2D eigenvalue weighted by atomic mass is 10.2. The van der Waals surface area contributed by atoms with Crippen LogP contribution in [-0.2, 0) is 6.42 Å². The lowest BCUT2D eigenvalue weighted by molar-refractivity contribution is 0.117. The lowest BCUT2D eigenvalue weighted by Crippen LogP contribution is -2.27. The maximum Gasteiger partial charge on any atom is 0.254 e. The number of aliphatic hydroxyl groups excluding tert-OH is 1. The summed E-state index contributed by atoms with van der Waals surface area (Å²) in [7, 11) is 0. The fourth-order valence-corrected chi connectivity index (χ4v) is 2.35. The third-order valence-electron chi connectivity index (χ3n) is 3.62. The van der Waals surface area contributed by atoms with Gasteiger partial charge in [-0.3, -0.25) is 0 Å². The Bertz CT molecular complexity index is 818. The molecule has 7 heteroatoms. The maximum absolute atomic E-state index is 10.1. The largest absolute Gasteiger partial charge is 0.491 e. The fourth-order valence-electron chi connectivity index (χ4n) is 2.35. The predicted molar refractivity (Wildman–Crippen MR) is 91.3 cm³/mol. The summed E-state index contributed by atoms with van der Waals surface area (Å²) in [6.45, 7) is 4.59. The van der Waals surface area contributed by atoms with Crippen molar-refractivity contribution >= 4 is 11.6 Å². The summed E-state index contributed by atoms with van der Waals surface area (Å²) < 4.78 is 7.24. The standard InChI is InChI=1S/C17H21N5O2/c1-3-13-8-16(22-17(21-13)19-11-20-22)18-9-14(23)10-24-15-6-4-5-12(2)7-15/h4-8,11,14,18,23H,3,9-10H2,1-2H3. The molecule has 0 aliphatic rings. The number of aliphatic hydroxyl groups is 1. The highest BCUT2D eigenvalue weighted by atomic mass is 16.5. The van der Waals surface area contributed by atoms with E-state index < -0.39 is 6.10 Å². The van der Waals surface area contributed by atoms with E-state index in [0.717, 1.165) is 29.2 Å². The Morgan fingerprint density at radius 1 is 1.33 bits per heavy atom. The van der Waals surface area contributed by atoms with Crippen LogP contribution in [0.3, 0.4) is 0 Å². The molecule has 0 amide bonds. The minimum atomic E-state index is -0.651. The van der Waals surface area contributed by atoms with Gasteiger partial charge in [0.1, 0.15) is 30.6 Å². The van der Waals surface area contributed by atoms with Gasteiger partial charge in [-0.1, -0.05) is 19.1 Å². The van der Waals surface area contributed by atoms with Crippen molar-refractivity contribution in [2.75, 3.05) is 18.5 Å². The Hall–Kier alpha value is -2.67. The highest BCUT2D eigenvalue weighted by Crippen LogP contribution is 2.13. The average Bonchev–Trinajstić information content (AvgIpc) is 3.06. The molecule has 2 N–H and O–H groups in total.